The van der Waals surface area contributed by atoms with Crippen LogP contribution in [-0.2, 0) is 43.2 Å². The van der Waals surface area contributed by atoms with Gasteiger partial charge in [0.05, 0.1) is 14.2 Å². The average Bonchev–Trinajstić information content (AvgIpc) is 4.22. The van der Waals surface area contributed by atoms with E-state index < -0.39 is 34.7 Å². The summed E-state index contributed by atoms with van der Waals surface area (Å²) in [4.78, 5) is 56.4. The zero-order valence-electron chi connectivity index (χ0n) is 37.2. The highest BCUT2D eigenvalue weighted by atomic mass is 32.2. The summed E-state index contributed by atoms with van der Waals surface area (Å²) in [5.41, 5.74) is 4.29. The summed E-state index contributed by atoms with van der Waals surface area (Å²) < 4.78 is 19.9. The van der Waals surface area contributed by atoms with Crippen LogP contribution in [0.25, 0.3) is 10.9 Å². The summed E-state index contributed by atoms with van der Waals surface area (Å²) in [5.74, 6) is -0.690. The number of amides is 2. The van der Waals surface area contributed by atoms with E-state index in [0.717, 1.165) is 70.0 Å². The van der Waals surface area contributed by atoms with Crippen LogP contribution in [0.5, 0.6) is 5.75 Å². The predicted molar refractivity (Wildman–Crippen MR) is 263 cm³/mol. The molecule has 0 unspecified atom stereocenters. The number of carbonyl (C=O) groups is 3. The van der Waals surface area contributed by atoms with Crippen LogP contribution in [-0.4, -0.2) is 72.5 Å². The van der Waals surface area contributed by atoms with Gasteiger partial charge >= 0.3 is 5.97 Å². The Labute approximate surface area is 405 Å². The number of nitrogens with one attached hydrogen (secondary N) is 2. The third kappa shape index (κ3) is 8.91. The number of allylic oxidation sites excluding steroid dienone is 1. The van der Waals surface area contributed by atoms with Gasteiger partial charge in [0.2, 0.25) is 27.8 Å². The smallest absolute Gasteiger partial charge is 0.355 e. The summed E-state index contributed by atoms with van der Waals surface area (Å²) in [6.45, 7) is -0.0180. The molecule has 2 N–H and O–H groups in total. The number of aryl methyl sites for hydroxylation is 1. The summed E-state index contributed by atoms with van der Waals surface area (Å²) in [5, 5.41) is 12.9. The Morgan fingerprint density at radius 1 is 0.912 bits per heavy atom. The van der Waals surface area contributed by atoms with Gasteiger partial charge in [-0.05, 0) is 71.7 Å². The average molecular weight is 964 g/mol. The van der Waals surface area contributed by atoms with Crippen molar-refractivity contribution >= 4 is 74.2 Å². The third-order valence-electron chi connectivity index (χ3n) is 12.3. The summed E-state index contributed by atoms with van der Waals surface area (Å²) in [7, 11) is 3.55. The molecule has 2 fully saturated rings. The summed E-state index contributed by atoms with van der Waals surface area (Å²) in [6, 6.07) is 36.6. The zero-order valence-corrected chi connectivity index (χ0v) is 39.6. The number of fused-ring (bicyclic) bond motifs is 2. The Morgan fingerprint density at radius 2 is 1.57 bits per heavy atom. The quantitative estimate of drug-likeness (QED) is 0.0245. The molecule has 2 aliphatic heterocycles. The van der Waals surface area contributed by atoms with Crippen LogP contribution in [0.1, 0.15) is 59.5 Å². The highest BCUT2D eigenvalue weighted by molar-refractivity contribution is 8.00. The van der Waals surface area contributed by atoms with Crippen molar-refractivity contribution in [2.24, 2.45) is 12.2 Å². The van der Waals surface area contributed by atoms with Gasteiger partial charge < -0.3 is 24.9 Å². The van der Waals surface area contributed by atoms with E-state index in [2.05, 4.69) is 61.0 Å². The Hall–Kier alpha value is -7.08. The first-order valence-corrected chi connectivity index (χ1v) is 24.9. The number of oxime groups is 1. The second kappa shape index (κ2) is 19.6. The molecule has 3 aromatic heterocycles. The number of ether oxygens (including phenoxy) is 2. The Bertz CT molecular complexity index is 2940. The topological polar surface area (TPSA) is 153 Å². The molecule has 3 aliphatic rings. The maximum atomic E-state index is 14.5. The molecule has 17 heteroatoms. The van der Waals surface area contributed by atoms with Crippen molar-refractivity contribution in [3.63, 3.8) is 0 Å². The fourth-order valence-electron chi connectivity index (χ4n) is 8.80. The normalized spacial score (nSPS) is 17.6. The standard InChI is InChI=1S/C51H46N8O6S3/c1-57-28-41-58(32-57)38(31-66-41)25-24-34-30-67-48-43(47(61)59(48)44(34)49(62)64-29-33-22-26-39(63-2)27-23-33)52-46(60)42(55-65-40-20-12-13-21-40)45-53-50(68-56-45)54-51(35-14-6-3-7-15-35,36-16-8-4-9-17-36)37-18-10-5-11-19-37/h3-11,14-19,22-28,31-32,40,43,48H,12-13,20-21,29-30H2,1-2H3,(H-,52,53,54,56,60)/p+1/b25-24?,55-42-/t43-,48-/m1/s1. The van der Waals surface area contributed by atoms with Crippen LogP contribution in [0.2, 0.25) is 0 Å². The Balaban J connectivity index is 0.935. The van der Waals surface area contributed by atoms with E-state index >= 15 is 0 Å². The molecule has 68 heavy (non-hydrogen) atoms. The third-order valence-corrected chi connectivity index (χ3v) is 15.1. The number of carbonyl (C=O) groups excluding carboxylic acids is 3. The number of β-lactam (4-membered cyclic amide) rings is 1. The van der Waals surface area contributed by atoms with Gasteiger partial charge in [0.15, 0.2) is 0 Å². The van der Waals surface area contributed by atoms with Gasteiger partial charge in [-0.2, -0.15) is 13.8 Å². The van der Waals surface area contributed by atoms with Crippen LogP contribution < -0.4 is 19.9 Å². The molecule has 7 aromatic rings. The van der Waals surface area contributed by atoms with Crippen molar-refractivity contribution in [1.82, 2.24) is 24.0 Å². The van der Waals surface area contributed by atoms with Crippen molar-refractivity contribution in [3.8, 4) is 5.75 Å². The number of rotatable bonds is 16. The lowest BCUT2D eigenvalue weighted by atomic mass is 9.77. The molecule has 0 radical (unpaired) electrons. The lowest BCUT2D eigenvalue weighted by Gasteiger charge is -2.49. The van der Waals surface area contributed by atoms with E-state index in [4.69, 9.17) is 19.3 Å². The summed E-state index contributed by atoms with van der Waals surface area (Å²) in [6.07, 6.45) is 11.2. The highest BCUT2D eigenvalue weighted by Gasteiger charge is 2.54. The van der Waals surface area contributed by atoms with Crippen LogP contribution in [0.3, 0.4) is 0 Å². The zero-order chi connectivity index (χ0) is 46.6. The number of thioether (sulfide) groups is 1. The minimum absolute atomic E-state index is 0.0180. The number of anilines is 1. The van der Waals surface area contributed by atoms with Gasteiger partial charge in [-0.15, -0.1) is 11.8 Å². The fraction of sp³-hybridized carbons (Fsp3) is 0.235. The van der Waals surface area contributed by atoms with E-state index in [1.807, 2.05) is 108 Å². The predicted octanol–water partition coefficient (Wildman–Crippen LogP) is 7.86. The number of esters is 1. The summed E-state index contributed by atoms with van der Waals surface area (Å²) >= 11 is 4.14. The lowest BCUT2D eigenvalue weighted by Crippen LogP contribution is -2.71. The number of hydrogen-bond acceptors (Lipinski definition) is 13. The Morgan fingerprint density at radius 3 is 2.22 bits per heavy atom. The molecule has 344 valence electrons. The van der Waals surface area contributed by atoms with Crippen LogP contribution in [0, 0.1) is 0 Å². The van der Waals surface area contributed by atoms with Gasteiger partial charge in [-0.1, -0.05) is 126 Å². The molecular formula is C51H47N8O6S3+. The largest absolute Gasteiger partial charge is 0.497 e. The first-order chi connectivity index (χ1) is 33.3. The number of hydrogen-bond donors (Lipinski definition) is 2. The molecule has 1 saturated heterocycles. The van der Waals surface area contributed by atoms with Crippen molar-refractivity contribution in [2.75, 3.05) is 18.2 Å². The minimum Gasteiger partial charge on any atom is -0.497 e. The number of aromatic nitrogens is 4. The van der Waals surface area contributed by atoms with Gasteiger partial charge in [0.25, 0.3) is 11.8 Å². The molecule has 0 spiro atoms. The molecule has 5 heterocycles. The van der Waals surface area contributed by atoms with Gasteiger partial charge in [0, 0.05) is 22.7 Å². The maximum Gasteiger partial charge on any atom is 0.355 e. The monoisotopic (exact) mass is 963 g/mol. The van der Waals surface area contributed by atoms with E-state index in [1.165, 1.54) is 16.7 Å². The maximum absolute atomic E-state index is 14.5. The molecule has 1 aliphatic carbocycles. The number of nitrogens with zero attached hydrogens (tertiary/aromatic N) is 6. The molecule has 1 saturated carbocycles. The lowest BCUT2D eigenvalue weighted by molar-refractivity contribution is -0.669. The van der Waals surface area contributed by atoms with Crippen LogP contribution >= 0.6 is 34.6 Å². The molecule has 14 nitrogen and oxygen atoms in total. The van der Waals surface area contributed by atoms with Gasteiger partial charge in [-0.25, -0.2) is 9.36 Å². The molecule has 4 aromatic carbocycles. The van der Waals surface area contributed by atoms with E-state index in [-0.39, 0.29) is 29.9 Å². The minimum atomic E-state index is -0.992. The van der Waals surface area contributed by atoms with E-state index in [1.54, 1.807) is 30.6 Å². The molecule has 2 amide bonds. The van der Waals surface area contributed by atoms with Crippen molar-refractivity contribution in [1.29, 1.82) is 0 Å². The van der Waals surface area contributed by atoms with Crippen molar-refractivity contribution in [2.45, 2.75) is 55.3 Å². The van der Waals surface area contributed by atoms with Crippen molar-refractivity contribution < 1.29 is 33.3 Å². The fourth-order valence-corrected chi connectivity index (χ4v) is 11.7. The Kier molecular flexibility index (Phi) is 12.9. The molecular weight excluding hydrogens is 917 g/mol. The SMILES string of the molecule is COc1ccc(COC(=O)C2=C(C=Cc3csc4c[n+](C)cn34)CS[C@@H]3[C@H](NC(=O)/C(=N\OC4CCCC4)c4nsc(NC(c5ccccc5)(c5ccccc5)c5ccccc5)n4)C(=O)N23)cc1. The highest BCUT2D eigenvalue weighted by Crippen LogP contribution is 2.43. The molecule has 2 atom stereocenters. The number of methoxy groups -OCH3 is 1. The second-order valence-electron chi connectivity index (χ2n) is 16.6. The first kappa shape index (κ1) is 44.7. The molecule has 10 rings (SSSR count). The van der Waals surface area contributed by atoms with Crippen LogP contribution in [0.4, 0.5) is 5.13 Å². The number of thiazole rings is 1. The molecule has 0 bridgehead atoms. The number of benzene rings is 4. The van der Waals surface area contributed by atoms with Crippen molar-refractivity contribution in [3.05, 3.63) is 184 Å². The van der Waals surface area contributed by atoms with Gasteiger partial charge in [0.1, 0.15) is 53.0 Å². The van der Waals surface area contributed by atoms with Crippen LogP contribution in [0.15, 0.2) is 156 Å². The first-order valence-electron chi connectivity index (χ1n) is 22.2. The second-order valence-corrected chi connectivity index (χ2v) is 19.4. The van der Waals surface area contributed by atoms with E-state index in [9.17, 15) is 14.4 Å². The number of imidazole rings is 1. The van der Waals surface area contributed by atoms with Gasteiger partial charge in [-0.3, -0.25) is 14.5 Å². The van der Waals surface area contributed by atoms with E-state index in [0.29, 0.717) is 22.2 Å².